The number of hydrogen-bond donors (Lipinski definition) is 0. The fourth-order valence-corrected chi connectivity index (χ4v) is 4.95. The lowest BCUT2D eigenvalue weighted by atomic mass is 9.80. The lowest BCUT2D eigenvalue weighted by Crippen LogP contribution is -2.49. The smallest absolute Gasteiger partial charge is 0.306 e. The van der Waals surface area contributed by atoms with E-state index in [1.54, 1.807) is 22.8 Å². The number of piperidine rings is 1. The maximum absolute atomic E-state index is 13.6. The van der Waals surface area contributed by atoms with Gasteiger partial charge >= 0.3 is 5.69 Å². The van der Waals surface area contributed by atoms with E-state index in [-0.39, 0.29) is 17.5 Å². The van der Waals surface area contributed by atoms with Crippen LogP contribution in [0.3, 0.4) is 0 Å². The molecule has 0 aliphatic carbocycles. The van der Waals surface area contributed by atoms with Crippen LogP contribution in [0, 0.1) is 5.82 Å². The predicted molar refractivity (Wildman–Crippen MR) is 119 cm³/mol. The molecule has 1 fully saturated rings. The van der Waals surface area contributed by atoms with Crippen molar-refractivity contribution in [3.63, 3.8) is 0 Å². The van der Waals surface area contributed by atoms with E-state index in [4.69, 9.17) is 23.2 Å². The van der Waals surface area contributed by atoms with E-state index in [2.05, 4.69) is 11.9 Å². The first-order valence-corrected chi connectivity index (χ1v) is 10.8. The number of nitrogens with zero attached hydrogens (tertiary/aromatic N) is 3. The van der Waals surface area contributed by atoms with Gasteiger partial charge in [-0.05, 0) is 68.3 Å². The normalized spacial score (nSPS) is 17.8. The second kappa shape index (κ2) is 8.22. The van der Waals surface area contributed by atoms with Crippen LogP contribution in [0.4, 0.5) is 4.39 Å². The second-order valence-corrected chi connectivity index (χ2v) is 8.95. The summed E-state index contributed by atoms with van der Waals surface area (Å²) in [6.45, 7) is 3.66. The Balaban J connectivity index is 1.79. The number of imidazole rings is 1. The average molecular weight is 448 g/mol. The summed E-state index contributed by atoms with van der Waals surface area (Å²) in [4.78, 5) is 15.8. The highest BCUT2D eigenvalue weighted by molar-refractivity contribution is 6.34. The molecule has 1 unspecified atom stereocenters. The van der Waals surface area contributed by atoms with Crippen LogP contribution >= 0.6 is 23.2 Å². The zero-order valence-corrected chi connectivity index (χ0v) is 18.5. The summed E-state index contributed by atoms with van der Waals surface area (Å²) < 4.78 is 17.1. The molecule has 3 aromatic rings. The zero-order chi connectivity index (χ0) is 21.5. The van der Waals surface area contributed by atoms with Crippen LogP contribution in [0.15, 0.2) is 59.7 Å². The van der Waals surface area contributed by atoms with Crippen molar-refractivity contribution >= 4 is 23.2 Å². The molecule has 1 atom stereocenters. The third-order valence-corrected chi connectivity index (χ3v) is 6.68. The summed E-state index contributed by atoms with van der Waals surface area (Å²) in [6.07, 6.45) is 5.21. The molecule has 1 aliphatic heterocycles. The molecule has 1 aromatic heterocycles. The van der Waals surface area contributed by atoms with E-state index in [1.165, 1.54) is 12.1 Å². The molecule has 7 heteroatoms. The summed E-state index contributed by atoms with van der Waals surface area (Å²) in [6, 6.07) is 11.6. The highest BCUT2D eigenvalue weighted by Crippen LogP contribution is 2.36. The van der Waals surface area contributed by atoms with Crippen molar-refractivity contribution in [2.45, 2.75) is 31.3 Å². The molecular formula is C23H24Cl2FN3O. The van der Waals surface area contributed by atoms with Crippen LogP contribution in [0.5, 0.6) is 0 Å². The van der Waals surface area contributed by atoms with Crippen molar-refractivity contribution in [1.82, 2.24) is 14.0 Å². The number of halogens is 3. The summed E-state index contributed by atoms with van der Waals surface area (Å²) in [5.74, 6) is -0.279. The maximum atomic E-state index is 13.6. The van der Waals surface area contributed by atoms with E-state index < -0.39 is 5.54 Å². The van der Waals surface area contributed by atoms with Gasteiger partial charge in [0.05, 0.1) is 11.6 Å². The molecule has 4 nitrogen and oxygen atoms in total. The molecule has 1 saturated heterocycles. The first kappa shape index (κ1) is 21.2. The van der Waals surface area contributed by atoms with Crippen molar-refractivity contribution in [2.24, 2.45) is 0 Å². The second-order valence-electron chi connectivity index (χ2n) is 8.08. The van der Waals surface area contributed by atoms with Crippen LogP contribution in [0.1, 0.15) is 36.9 Å². The maximum Gasteiger partial charge on any atom is 0.329 e. The fourth-order valence-electron chi connectivity index (χ4n) is 4.41. The molecule has 30 heavy (non-hydrogen) atoms. The molecule has 1 aliphatic rings. The topological polar surface area (TPSA) is 30.2 Å². The fraction of sp³-hybridized carbons (Fsp3) is 0.348. The number of likely N-dealkylation sites (tertiary alicyclic amines) is 1. The Morgan fingerprint density at radius 1 is 1.00 bits per heavy atom. The third-order valence-electron chi connectivity index (χ3n) is 6.24. The number of benzene rings is 2. The van der Waals surface area contributed by atoms with Gasteiger partial charge in [-0.2, -0.15) is 0 Å². The number of rotatable bonds is 4. The van der Waals surface area contributed by atoms with E-state index in [1.807, 2.05) is 36.0 Å². The number of aromatic nitrogens is 2. The Labute approximate surface area is 185 Å². The van der Waals surface area contributed by atoms with Gasteiger partial charge in [0.2, 0.25) is 0 Å². The standard InChI is InChI=1S/C23H24Cl2FN3O/c1-16(17-13-19(24)15-20(25)14-17)28-11-12-29(22(28)30)23(7-9-27(2)10-8-23)18-3-5-21(26)6-4-18/h3-6,11-16H,7-10H2,1-2H3. The van der Waals surface area contributed by atoms with Crippen molar-refractivity contribution in [3.05, 3.63) is 92.3 Å². The van der Waals surface area contributed by atoms with Gasteiger partial charge in [-0.25, -0.2) is 9.18 Å². The average Bonchev–Trinajstić information content (AvgIpc) is 3.10. The minimum absolute atomic E-state index is 0.104. The minimum atomic E-state index is -0.506. The van der Waals surface area contributed by atoms with Gasteiger partial charge < -0.3 is 4.90 Å². The predicted octanol–water partition coefficient (Wildman–Crippen LogP) is 5.17. The molecule has 0 radical (unpaired) electrons. The molecule has 2 aromatic carbocycles. The quantitative estimate of drug-likeness (QED) is 0.551. The van der Waals surface area contributed by atoms with Crippen LogP contribution in [0.2, 0.25) is 10.0 Å². The monoisotopic (exact) mass is 447 g/mol. The number of hydrogen-bond acceptors (Lipinski definition) is 2. The molecule has 158 valence electrons. The summed E-state index contributed by atoms with van der Waals surface area (Å²) in [5, 5.41) is 1.07. The lowest BCUT2D eigenvalue weighted by Gasteiger charge is -2.41. The van der Waals surface area contributed by atoms with E-state index in [0.717, 1.165) is 37.1 Å². The third kappa shape index (κ3) is 3.82. The molecule has 2 heterocycles. The van der Waals surface area contributed by atoms with Gasteiger partial charge in [0.1, 0.15) is 5.82 Å². The minimum Gasteiger partial charge on any atom is -0.306 e. The molecule has 4 rings (SSSR count). The summed E-state index contributed by atoms with van der Waals surface area (Å²) >= 11 is 12.3. The molecule has 0 saturated carbocycles. The highest BCUT2D eigenvalue weighted by Gasteiger charge is 2.39. The zero-order valence-electron chi connectivity index (χ0n) is 17.0. The van der Waals surface area contributed by atoms with Crippen molar-refractivity contribution in [3.8, 4) is 0 Å². The van der Waals surface area contributed by atoms with Crippen molar-refractivity contribution < 1.29 is 4.39 Å². The van der Waals surface area contributed by atoms with Gasteiger partial charge in [-0.15, -0.1) is 0 Å². The Morgan fingerprint density at radius 3 is 2.20 bits per heavy atom. The van der Waals surface area contributed by atoms with Gasteiger partial charge in [-0.3, -0.25) is 9.13 Å². The van der Waals surface area contributed by atoms with Crippen LogP contribution in [-0.2, 0) is 5.54 Å². The lowest BCUT2D eigenvalue weighted by molar-refractivity contribution is 0.158. The largest absolute Gasteiger partial charge is 0.329 e. The van der Waals surface area contributed by atoms with Gasteiger partial charge in [0.25, 0.3) is 0 Å². The Kier molecular flexibility index (Phi) is 5.80. The first-order chi connectivity index (χ1) is 14.3. The molecule has 0 spiro atoms. The molecule has 0 amide bonds. The van der Waals surface area contributed by atoms with E-state index >= 15 is 0 Å². The van der Waals surface area contributed by atoms with E-state index in [0.29, 0.717) is 10.0 Å². The van der Waals surface area contributed by atoms with Crippen LogP contribution in [0.25, 0.3) is 0 Å². The van der Waals surface area contributed by atoms with Crippen LogP contribution in [-0.4, -0.2) is 34.2 Å². The van der Waals surface area contributed by atoms with Gasteiger partial charge in [0.15, 0.2) is 0 Å². The van der Waals surface area contributed by atoms with Crippen molar-refractivity contribution in [2.75, 3.05) is 20.1 Å². The van der Waals surface area contributed by atoms with Gasteiger partial charge in [0, 0.05) is 35.5 Å². The first-order valence-electron chi connectivity index (χ1n) is 10.0. The molecule has 0 bridgehead atoms. The molecular weight excluding hydrogens is 424 g/mol. The van der Waals surface area contributed by atoms with Crippen LogP contribution < -0.4 is 5.69 Å². The SMILES string of the molecule is CC(c1cc(Cl)cc(Cl)c1)n1ccn(C2(c3ccc(F)cc3)CCN(C)CC2)c1=O. The van der Waals surface area contributed by atoms with Crippen molar-refractivity contribution in [1.29, 1.82) is 0 Å². The van der Waals surface area contributed by atoms with Gasteiger partial charge in [-0.1, -0.05) is 35.3 Å². The Morgan fingerprint density at radius 2 is 1.60 bits per heavy atom. The molecule has 0 N–H and O–H groups in total. The summed E-state index contributed by atoms with van der Waals surface area (Å²) in [5.41, 5.74) is 1.21. The Hall–Kier alpha value is -2.08. The highest BCUT2D eigenvalue weighted by atomic mass is 35.5. The Bertz CT molecular complexity index is 1080. The van der Waals surface area contributed by atoms with E-state index in [9.17, 15) is 9.18 Å². The summed E-state index contributed by atoms with van der Waals surface area (Å²) in [7, 11) is 2.08.